The van der Waals surface area contributed by atoms with Crippen molar-refractivity contribution in [2.24, 2.45) is 0 Å². The van der Waals surface area contributed by atoms with Gasteiger partial charge in [-0.25, -0.2) is 9.97 Å². The zero-order chi connectivity index (χ0) is 12.3. The Labute approximate surface area is 105 Å². The van der Waals surface area contributed by atoms with Gasteiger partial charge in [-0.05, 0) is 47.9 Å². The normalized spacial score (nSPS) is 10.3. The van der Waals surface area contributed by atoms with Gasteiger partial charge in [0.15, 0.2) is 0 Å². The summed E-state index contributed by atoms with van der Waals surface area (Å²) in [5.74, 6) is 0.899. The second kappa shape index (κ2) is 5.15. The van der Waals surface area contributed by atoms with Crippen LogP contribution in [0.2, 0.25) is 5.28 Å². The van der Waals surface area contributed by atoms with E-state index in [0.717, 1.165) is 29.0 Å². The number of aryl methyl sites for hydroxylation is 1. The largest absolute Gasteiger partial charge is 0.496 e. The third-order valence-corrected chi connectivity index (χ3v) is 2.77. The molecule has 1 aromatic carbocycles. The number of hydrogen-bond donors (Lipinski definition) is 0. The Morgan fingerprint density at radius 1 is 1.29 bits per heavy atom. The molecule has 88 valence electrons. The molecule has 0 unspecified atom stereocenters. The maximum absolute atomic E-state index is 5.78. The highest BCUT2D eigenvalue weighted by Gasteiger charge is 2.05. The maximum atomic E-state index is 5.78. The first kappa shape index (κ1) is 11.9. The van der Waals surface area contributed by atoms with E-state index in [0.29, 0.717) is 0 Å². The summed E-state index contributed by atoms with van der Waals surface area (Å²) in [7, 11) is 1.68. The molecular formula is C13H13ClN2O. The first-order valence-corrected chi connectivity index (χ1v) is 5.78. The third kappa shape index (κ3) is 2.56. The van der Waals surface area contributed by atoms with E-state index in [-0.39, 0.29) is 5.28 Å². The summed E-state index contributed by atoms with van der Waals surface area (Å²) >= 11 is 5.78. The van der Waals surface area contributed by atoms with Crippen molar-refractivity contribution in [3.05, 3.63) is 41.3 Å². The van der Waals surface area contributed by atoms with Gasteiger partial charge in [0.05, 0.1) is 12.8 Å². The molecule has 3 nitrogen and oxygen atoms in total. The van der Waals surface area contributed by atoms with Gasteiger partial charge < -0.3 is 4.74 Å². The van der Waals surface area contributed by atoms with Gasteiger partial charge in [-0.2, -0.15) is 0 Å². The van der Waals surface area contributed by atoms with Crippen molar-refractivity contribution in [2.75, 3.05) is 7.11 Å². The predicted molar refractivity (Wildman–Crippen MR) is 68.4 cm³/mol. The molecule has 0 saturated heterocycles. The minimum absolute atomic E-state index is 0.261. The number of hydrogen-bond acceptors (Lipinski definition) is 3. The van der Waals surface area contributed by atoms with Crippen LogP contribution in [-0.2, 0) is 6.42 Å². The number of rotatable bonds is 3. The van der Waals surface area contributed by atoms with Crippen molar-refractivity contribution in [1.29, 1.82) is 0 Å². The standard InChI is InChI=1S/C13H13ClN2O/c1-3-9-8-10(4-5-12(9)17-2)11-6-7-15-13(14)16-11/h4-8H,3H2,1-2H3. The van der Waals surface area contributed by atoms with Crippen LogP contribution in [0.15, 0.2) is 30.5 Å². The topological polar surface area (TPSA) is 35.0 Å². The molecule has 0 aliphatic carbocycles. The Hall–Kier alpha value is -1.61. The van der Waals surface area contributed by atoms with E-state index in [9.17, 15) is 0 Å². The van der Waals surface area contributed by atoms with Crippen LogP contribution in [-0.4, -0.2) is 17.1 Å². The number of methoxy groups -OCH3 is 1. The van der Waals surface area contributed by atoms with Crippen molar-refractivity contribution in [1.82, 2.24) is 9.97 Å². The number of halogens is 1. The molecule has 4 heteroatoms. The van der Waals surface area contributed by atoms with Crippen molar-refractivity contribution < 1.29 is 4.74 Å². The van der Waals surface area contributed by atoms with Gasteiger partial charge in [-0.15, -0.1) is 0 Å². The average molecular weight is 249 g/mol. The van der Waals surface area contributed by atoms with Crippen LogP contribution >= 0.6 is 11.6 Å². The Morgan fingerprint density at radius 2 is 2.12 bits per heavy atom. The van der Waals surface area contributed by atoms with Crippen molar-refractivity contribution in [3.8, 4) is 17.0 Å². The number of ether oxygens (including phenoxy) is 1. The first-order chi connectivity index (χ1) is 8.24. The smallest absolute Gasteiger partial charge is 0.222 e. The van der Waals surface area contributed by atoms with Crippen LogP contribution in [0.4, 0.5) is 0 Å². The Bertz CT molecular complexity index is 529. The molecule has 2 rings (SSSR count). The molecule has 0 saturated carbocycles. The highest BCUT2D eigenvalue weighted by molar-refractivity contribution is 6.28. The summed E-state index contributed by atoms with van der Waals surface area (Å²) in [4.78, 5) is 8.06. The van der Waals surface area contributed by atoms with Gasteiger partial charge in [0.2, 0.25) is 5.28 Å². The third-order valence-electron chi connectivity index (χ3n) is 2.58. The summed E-state index contributed by atoms with van der Waals surface area (Å²) in [5.41, 5.74) is 2.99. The van der Waals surface area contributed by atoms with Crippen LogP contribution in [0, 0.1) is 0 Å². The highest BCUT2D eigenvalue weighted by atomic mass is 35.5. The molecule has 0 atom stereocenters. The van der Waals surface area contributed by atoms with Gasteiger partial charge in [-0.1, -0.05) is 6.92 Å². The lowest BCUT2D eigenvalue weighted by molar-refractivity contribution is 0.410. The lowest BCUT2D eigenvalue weighted by Crippen LogP contribution is -1.92. The summed E-state index contributed by atoms with van der Waals surface area (Å²) in [6, 6.07) is 7.82. The van der Waals surface area contributed by atoms with Gasteiger partial charge in [-0.3, -0.25) is 0 Å². The molecule has 0 aliphatic heterocycles. The fourth-order valence-corrected chi connectivity index (χ4v) is 1.86. The van der Waals surface area contributed by atoms with Crippen LogP contribution in [0.3, 0.4) is 0 Å². The minimum Gasteiger partial charge on any atom is -0.496 e. The zero-order valence-electron chi connectivity index (χ0n) is 9.77. The number of aromatic nitrogens is 2. The van der Waals surface area contributed by atoms with Gasteiger partial charge >= 0.3 is 0 Å². The second-order valence-corrected chi connectivity index (χ2v) is 3.93. The minimum atomic E-state index is 0.261. The molecule has 1 aromatic heterocycles. The van der Waals surface area contributed by atoms with E-state index in [1.54, 1.807) is 13.3 Å². The molecule has 1 heterocycles. The molecule has 0 N–H and O–H groups in total. The Morgan fingerprint density at radius 3 is 2.76 bits per heavy atom. The quantitative estimate of drug-likeness (QED) is 0.782. The van der Waals surface area contributed by atoms with E-state index in [2.05, 4.69) is 23.0 Å². The average Bonchev–Trinajstić information content (AvgIpc) is 2.38. The van der Waals surface area contributed by atoms with Gasteiger partial charge in [0, 0.05) is 11.8 Å². The van der Waals surface area contributed by atoms with Gasteiger partial charge in [0.1, 0.15) is 5.75 Å². The Balaban J connectivity index is 2.46. The fourth-order valence-electron chi connectivity index (χ4n) is 1.71. The molecule has 0 spiro atoms. The van der Waals surface area contributed by atoms with Crippen molar-refractivity contribution >= 4 is 11.6 Å². The van der Waals surface area contributed by atoms with E-state index in [1.165, 1.54) is 0 Å². The lowest BCUT2D eigenvalue weighted by Gasteiger charge is -2.08. The number of nitrogens with zero attached hydrogens (tertiary/aromatic N) is 2. The zero-order valence-corrected chi connectivity index (χ0v) is 10.5. The predicted octanol–water partition coefficient (Wildman–Crippen LogP) is 3.37. The molecule has 0 radical (unpaired) electrons. The molecule has 2 aromatic rings. The van der Waals surface area contributed by atoms with Crippen LogP contribution in [0.25, 0.3) is 11.3 Å². The van der Waals surface area contributed by atoms with E-state index < -0.39 is 0 Å². The van der Waals surface area contributed by atoms with Crippen LogP contribution in [0.1, 0.15) is 12.5 Å². The summed E-state index contributed by atoms with van der Waals surface area (Å²) < 4.78 is 5.29. The second-order valence-electron chi connectivity index (χ2n) is 3.59. The maximum Gasteiger partial charge on any atom is 0.222 e. The number of benzene rings is 1. The SMILES string of the molecule is CCc1cc(-c2ccnc(Cl)n2)ccc1OC. The van der Waals surface area contributed by atoms with Crippen LogP contribution in [0.5, 0.6) is 5.75 Å². The highest BCUT2D eigenvalue weighted by Crippen LogP contribution is 2.26. The van der Waals surface area contributed by atoms with Crippen LogP contribution < -0.4 is 4.74 Å². The molecule has 0 aliphatic rings. The Kier molecular flexibility index (Phi) is 3.59. The van der Waals surface area contributed by atoms with E-state index >= 15 is 0 Å². The summed E-state index contributed by atoms with van der Waals surface area (Å²) in [6.45, 7) is 2.09. The first-order valence-electron chi connectivity index (χ1n) is 5.40. The fraction of sp³-hybridized carbons (Fsp3) is 0.231. The van der Waals surface area contributed by atoms with Gasteiger partial charge in [0.25, 0.3) is 0 Å². The van der Waals surface area contributed by atoms with Crippen molar-refractivity contribution in [3.63, 3.8) is 0 Å². The van der Waals surface area contributed by atoms with E-state index in [4.69, 9.17) is 16.3 Å². The molecule has 0 bridgehead atoms. The van der Waals surface area contributed by atoms with Crippen molar-refractivity contribution in [2.45, 2.75) is 13.3 Å². The molecule has 17 heavy (non-hydrogen) atoms. The molecule has 0 fully saturated rings. The monoisotopic (exact) mass is 248 g/mol. The van der Waals surface area contributed by atoms with E-state index in [1.807, 2.05) is 18.2 Å². The lowest BCUT2D eigenvalue weighted by atomic mass is 10.1. The molecule has 0 amide bonds. The summed E-state index contributed by atoms with van der Waals surface area (Å²) in [6.07, 6.45) is 2.57. The summed E-state index contributed by atoms with van der Waals surface area (Å²) in [5, 5.41) is 0.261. The molecular weight excluding hydrogens is 236 g/mol.